The Morgan fingerprint density at radius 3 is 2.91 bits per heavy atom. The number of carbonyl (C=O) groups excluding carboxylic acids is 2. The number of aromatic nitrogens is 1. The number of nitrogens with one attached hydrogen (secondary N) is 1. The minimum Gasteiger partial charge on any atom is -0.452 e. The number of esters is 1. The molecule has 1 N–H and O–H groups in total. The molecule has 6 nitrogen and oxygen atoms in total. The molecule has 0 radical (unpaired) electrons. The van der Waals surface area contributed by atoms with Crippen molar-refractivity contribution < 1.29 is 18.8 Å². The van der Waals surface area contributed by atoms with Gasteiger partial charge in [0.25, 0.3) is 5.91 Å². The number of nitrogens with zero attached hydrogens (tertiary/aromatic N) is 1. The van der Waals surface area contributed by atoms with Crippen LogP contribution in [0.4, 0.5) is 0 Å². The van der Waals surface area contributed by atoms with Gasteiger partial charge in [0.05, 0.1) is 11.7 Å². The number of thiophene rings is 1. The summed E-state index contributed by atoms with van der Waals surface area (Å²) in [6.07, 6.45) is 0.559. The Hall–Kier alpha value is -2.15. The highest BCUT2D eigenvalue weighted by Crippen LogP contribution is 2.18. The van der Waals surface area contributed by atoms with Crippen LogP contribution in [0.15, 0.2) is 22.0 Å². The van der Waals surface area contributed by atoms with Crippen molar-refractivity contribution in [3.8, 4) is 0 Å². The highest BCUT2D eigenvalue weighted by molar-refractivity contribution is 7.10. The van der Waals surface area contributed by atoms with Crippen molar-refractivity contribution in [1.82, 2.24) is 10.5 Å². The monoisotopic (exact) mass is 322 g/mol. The van der Waals surface area contributed by atoms with Gasteiger partial charge in [-0.3, -0.25) is 4.79 Å². The fourth-order valence-electron chi connectivity index (χ4n) is 2.02. The van der Waals surface area contributed by atoms with Gasteiger partial charge in [-0.25, -0.2) is 4.79 Å². The summed E-state index contributed by atoms with van der Waals surface area (Å²) >= 11 is 1.56. The van der Waals surface area contributed by atoms with Crippen molar-refractivity contribution in [3.63, 3.8) is 0 Å². The Morgan fingerprint density at radius 1 is 1.50 bits per heavy atom. The molecular weight excluding hydrogens is 304 g/mol. The molecule has 1 unspecified atom stereocenters. The van der Waals surface area contributed by atoms with E-state index in [1.54, 1.807) is 18.3 Å². The van der Waals surface area contributed by atoms with Crippen molar-refractivity contribution in [2.24, 2.45) is 0 Å². The quantitative estimate of drug-likeness (QED) is 0.827. The van der Waals surface area contributed by atoms with E-state index in [9.17, 15) is 9.59 Å². The maximum atomic E-state index is 12.0. The molecule has 7 heteroatoms. The molecule has 2 aromatic rings. The van der Waals surface area contributed by atoms with E-state index >= 15 is 0 Å². The minimum absolute atomic E-state index is 0.116. The summed E-state index contributed by atoms with van der Waals surface area (Å²) < 4.78 is 10.0. The van der Waals surface area contributed by atoms with Crippen LogP contribution < -0.4 is 5.32 Å². The zero-order valence-corrected chi connectivity index (χ0v) is 13.5. The number of carbonyl (C=O) groups is 2. The van der Waals surface area contributed by atoms with Gasteiger partial charge in [0.15, 0.2) is 6.61 Å². The number of hydrogen-bond acceptors (Lipinski definition) is 6. The van der Waals surface area contributed by atoms with Crippen molar-refractivity contribution in [1.29, 1.82) is 0 Å². The van der Waals surface area contributed by atoms with Crippen LogP contribution in [0.25, 0.3) is 0 Å². The Kier molecular flexibility index (Phi) is 5.32. The van der Waals surface area contributed by atoms with E-state index in [1.807, 2.05) is 31.4 Å². The molecule has 2 heterocycles. The van der Waals surface area contributed by atoms with Crippen LogP contribution in [0.3, 0.4) is 0 Å². The summed E-state index contributed by atoms with van der Waals surface area (Å²) in [4.78, 5) is 24.9. The van der Waals surface area contributed by atoms with Crippen molar-refractivity contribution in [3.05, 3.63) is 39.4 Å². The first kappa shape index (κ1) is 16.2. The second-order valence-corrected chi connectivity index (χ2v) is 5.77. The lowest BCUT2D eigenvalue weighted by Crippen LogP contribution is -2.30. The molecular formula is C15H18N2O4S. The first-order valence-electron chi connectivity index (χ1n) is 6.98. The van der Waals surface area contributed by atoms with Gasteiger partial charge in [0.2, 0.25) is 0 Å². The van der Waals surface area contributed by atoms with Crippen molar-refractivity contribution in [2.45, 2.75) is 33.2 Å². The van der Waals surface area contributed by atoms with Crippen LogP contribution in [0, 0.1) is 6.92 Å². The van der Waals surface area contributed by atoms with Crippen LogP contribution in [0.1, 0.15) is 46.6 Å². The Morgan fingerprint density at radius 2 is 2.27 bits per heavy atom. The Bertz CT molecular complexity index is 649. The SMILES string of the molecule is CCc1noc(C)c1C(=O)OCC(=O)NC(C)c1cccs1. The molecule has 0 aromatic carbocycles. The third-order valence-electron chi connectivity index (χ3n) is 3.15. The topological polar surface area (TPSA) is 81.4 Å². The molecule has 1 atom stereocenters. The molecule has 0 fully saturated rings. The van der Waals surface area contributed by atoms with Gasteiger partial charge in [-0.2, -0.15) is 0 Å². The predicted molar refractivity (Wildman–Crippen MR) is 81.8 cm³/mol. The van der Waals surface area contributed by atoms with Crippen LogP contribution in [0.2, 0.25) is 0 Å². The third kappa shape index (κ3) is 3.73. The summed E-state index contributed by atoms with van der Waals surface area (Å²) in [6, 6.07) is 3.74. The average Bonchev–Trinajstić information content (AvgIpc) is 3.13. The zero-order valence-electron chi connectivity index (χ0n) is 12.7. The lowest BCUT2D eigenvalue weighted by atomic mass is 10.1. The van der Waals surface area contributed by atoms with E-state index < -0.39 is 5.97 Å². The van der Waals surface area contributed by atoms with E-state index in [-0.39, 0.29) is 18.6 Å². The molecule has 0 spiro atoms. The average molecular weight is 322 g/mol. The number of amides is 1. The summed E-state index contributed by atoms with van der Waals surface area (Å²) in [6.45, 7) is 5.05. The van der Waals surface area contributed by atoms with Crippen molar-refractivity contribution in [2.75, 3.05) is 6.61 Å². The largest absolute Gasteiger partial charge is 0.452 e. The van der Waals surface area contributed by atoms with Crippen LogP contribution >= 0.6 is 11.3 Å². The fraction of sp³-hybridized carbons (Fsp3) is 0.400. The third-order valence-corrected chi connectivity index (χ3v) is 4.21. The van der Waals surface area contributed by atoms with Gasteiger partial charge < -0.3 is 14.6 Å². The lowest BCUT2D eigenvalue weighted by Gasteiger charge is -2.12. The lowest BCUT2D eigenvalue weighted by molar-refractivity contribution is -0.124. The highest BCUT2D eigenvalue weighted by atomic mass is 32.1. The highest BCUT2D eigenvalue weighted by Gasteiger charge is 2.21. The molecule has 0 saturated heterocycles. The number of ether oxygens (including phenoxy) is 1. The smallest absolute Gasteiger partial charge is 0.344 e. The predicted octanol–water partition coefficient (Wildman–Crippen LogP) is 2.64. The molecule has 118 valence electrons. The molecule has 0 aliphatic heterocycles. The minimum atomic E-state index is -0.588. The van der Waals surface area contributed by atoms with E-state index in [4.69, 9.17) is 9.26 Å². The summed E-state index contributed by atoms with van der Waals surface area (Å²) in [5, 5.41) is 8.51. The second-order valence-electron chi connectivity index (χ2n) is 4.79. The molecule has 2 rings (SSSR count). The molecule has 0 aliphatic rings. The maximum Gasteiger partial charge on any atom is 0.344 e. The summed E-state index contributed by atoms with van der Waals surface area (Å²) in [7, 11) is 0. The van der Waals surface area contributed by atoms with Gasteiger partial charge in [-0.15, -0.1) is 11.3 Å². The van der Waals surface area contributed by atoms with Crippen LogP contribution in [-0.4, -0.2) is 23.6 Å². The molecule has 2 aromatic heterocycles. The van der Waals surface area contributed by atoms with Gasteiger partial charge in [-0.1, -0.05) is 18.1 Å². The molecule has 22 heavy (non-hydrogen) atoms. The van der Waals surface area contributed by atoms with Gasteiger partial charge in [0.1, 0.15) is 11.3 Å². The zero-order chi connectivity index (χ0) is 16.1. The van der Waals surface area contributed by atoms with E-state index in [0.29, 0.717) is 23.4 Å². The Balaban J connectivity index is 1.88. The molecule has 1 amide bonds. The molecule has 0 bridgehead atoms. The van der Waals surface area contributed by atoms with E-state index in [2.05, 4.69) is 10.5 Å². The first-order valence-corrected chi connectivity index (χ1v) is 7.86. The van der Waals surface area contributed by atoms with E-state index in [1.165, 1.54) is 0 Å². The van der Waals surface area contributed by atoms with Crippen molar-refractivity contribution >= 4 is 23.2 Å². The summed E-state index contributed by atoms with van der Waals surface area (Å²) in [5.74, 6) is -0.537. The normalized spacial score (nSPS) is 12.0. The first-order chi connectivity index (χ1) is 10.5. The maximum absolute atomic E-state index is 12.0. The number of aryl methyl sites for hydroxylation is 2. The number of rotatable bonds is 6. The Labute approximate surface area is 132 Å². The van der Waals surface area contributed by atoms with Crippen LogP contribution in [0.5, 0.6) is 0 Å². The number of hydrogen-bond donors (Lipinski definition) is 1. The van der Waals surface area contributed by atoms with Gasteiger partial charge in [-0.05, 0) is 31.7 Å². The van der Waals surface area contributed by atoms with Gasteiger partial charge >= 0.3 is 5.97 Å². The summed E-state index contributed by atoms with van der Waals surface area (Å²) in [5.41, 5.74) is 0.844. The van der Waals surface area contributed by atoms with E-state index in [0.717, 1.165) is 4.88 Å². The second kappa shape index (κ2) is 7.22. The fourth-order valence-corrected chi connectivity index (χ4v) is 2.75. The molecule has 0 aliphatic carbocycles. The molecule has 0 saturated carbocycles. The standard InChI is InChI=1S/C15H18N2O4S/c1-4-11-14(10(3)21-17-11)15(19)20-8-13(18)16-9(2)12-6-5-7-22-12/h5-7,9H,4,8H2,1-3H3,(H,16,18). The van der Waals surface area contributed by atoms with Gasteiger partial charge in [0, 0.05) is 4.88 Å². The van der Waals surface area contributed by atoms with Crippen LogP contribution in [-0.2, 0) is 16.0 Å².